The number of thiol groups is 4. The van der Waals surface area contributed by atoms with Crippen LogP contribution < -0.4 is 0 Å². The zero-order valence-corrected chi connectivity index (χ0v) is 28.4. The van der Waals surface area contributed by atoms with Crippen LogP contribution in [0.4, 0.5) is 0 Å². The third-order valence-electron chi connectivity index (χ3n) is 2.95. The fraction of sp³-hybridized carbons (Fsp3) is 1.00. The molecule has 0 aromatic heterocycles. The second-order valence-electron chi connectivity index (χ2n) is 5.60. The minimum absolute atomic E-state index is 0.285. The smallest absolute Gasteiger partial charge is 0.0226 e. The fourth-order valence-corrected chi connectivity index (χ4v) is 12.8. The van der Waals surface area contributed by atoms with Crippen molar-refractivity contribution in [3.8, 4) is 0 Å². The molecule has 0 amide bonds. The largest absolute Gasteiger partial charge is 0.346 e. The molecule has 0 spiro atoms. The van der Waals surface area contributed by atoms with Crippen LogP contribution in [0.3, 0.4) is 0 Å². The standard InChI is InChI=1S/C14H29S12.C3H8S/c15-1-3-20-10-13(9-17)23-6-8-25-24-7-5-21-11-14(12-26(18)19)22-4-2-16;1-2-3-4/h13-17H,1-12H2;4H,2-3H2,1H3/q-1;. The van der Waals surface area contributed by atoms with Crippen LogP contribution >= 0.6 is 119 Å². The Balaban J connectivity index is 0. The molecule has 0 saturated heterocycles. The van der Waals surface area contributed by atoms with Crippen molar-refractivity contribution >= 4 is 150 Å². The van der Waals surface area contributed by atoms with E-state index in [2.05, 4.69) is 69.2 Å². The summed E-state index contributed by atoms with van der Waals surface area (Å²) in [6, 6.07) is 0. The van der Waals surface area contributed by atoms with Gasteiger partial charge in [-0.05, 0) is 28.9 Å². The maximum atomic E-state index is 5.20. The zero-order chi connectivity index (χ0) is 22.9. The van der Waals surface area contributed by atoms with E-state index in [1.165, 1.54) is 40.9 Å². The highest BCUT2D eigenvalue weighted by molar-refractivity contribution is 8.76. The Morgan fingerprint density at radius 3 is 1.77 bits per heavy atom. The van der Waals surface area contributed by atoms with Crippen molar-refractivity contribution < 1.29 is 0 Å². The molecule has 0 rings (SSSR count). The lowest BCUT2D eigenvalue weighted by atomic mass is 10.5. The van der Waals surface area contributed by atoms with Crippen LogP contribution in [0, 0.1) is 0 Å². The first-order chi connectivity index (χ1) is 14.5. The topological polar surface area (TPSA) is 0 Å². The highest BCUT2D eigenvalue weighted by atomic mass is 33.1. The van der Waals surface area contributed by atoms with Crippen LogP contribution in [0.2, 0.25) is 0 Å². The molecule has 13 heteroatoms. The molecule has 0 N–H and O–H groups in total. The third kappa shape index (κ3) is 30.3. The molecule has 2 unspecified atom stereocenters. The SMILES string of the molecule is CCCS.S=[S-](=S)CC(CSCCSSCCSC(CS)CSCCS)SCCS. The predicted molar refractivity (Wildman–Crippen MR) is 185 cm³/mol. The Morgan fingerprint density at radius 2 is 1.23 bits per heavy atom. The fourth-order valence-electron chi connectivity index (χ4n) is 1.62. The summed E-state index contributed by atoms with van der Waals surface area (Å²) in [4.78, 5) is 0. The molecule has 0 aliphatic heterocycles. The van der Waals surface area contributed by atoms with Gasteiger partial charge in [0.1, 0.15) is 0 Å². The van der Waals surface area contributed by atoms with Crippen molar-refractivity contribution in [2.45, 2.75) is 23.8 Å². The van der Waals surface area contributed by atoms with Gasteiger partial charge in [0.05, 0.1) is 0 Å². The highest BCUT2D eigenvalue weighted by Gasteiger charge is 2.07. The summed E-state index contributed by atoms with van der Waals surface area (Å²) in [6.07, 6.45) is 1.18. The van der Waals surface area contributed by atoms with Crippen LogP contribution in [0.5, 0.6) is 0 Å². The van der Waals surface area contributed by atoms with Crippen molar-refractivity contribution in [3.05, 3.63) is 0 Å². The molecule has 0 heterocycles. The van der Waals surface area contributed by atoms with E-state index in [4.69, 9.17) is 22.4 Å². The lowest BCUT2D eigenvalue weighted by Crippen LogP contribution is -2.14. The molecule has 0 saturated carbocycles. The van der Waals surface area contributed by atoms with E-state index in [1.54, 1.807) is 0 Å². The normalized spacial score (nSPS) is 13.1. The highest BCUT2D eigenvalue weighted by Crippen LogP contribution is 2.26. The van der Waals surface area contributed by atoms with Gasteiger partial charge >= 0.3 is 0 Å². The maximum absolute atomic E-state index is 5.20. The molecule has 2 atom stereocenters. The van der Waals surface area contributed by atoms with Gasteiger partial charge in [-0.25, -0.2) is 0 Å². The van der Waals surface area contributed by atoms with Gasteiger partial charge in [0.2, 0.25) is 0 Å². The Labute approximate surface area is 245 Å². The first kappa shape index (κ1) is 36.4. The minimum atomic E-state index is -0.285. The summed E-state index contributed by atoms with van der Waals surface area (Å²) in [7, 11) is 3.73. The van der Waals surface area contributed by atoms with Crippen molar-refractivity contribution in [3.63, 3.8) is 0 Å². The van der Waals surface area contributed by atoms with Gasteiger partial charge < -0.3 is 8.01 Å². The number of rotatable bonds is 21. The summed E-state index contributed by atoms with van der Waals surface area (Å²) < 4.78 is 0. The first-order valence-electron chi connectivity index (χ1n) is 9.67. The van der Waals surface area contributed by atoms with Crippen LogP contribution in [-0.2, 0) is 30.4 Å². The molecule has 0 fully saturated rings. The summed E-state index contributed by atoms with van der Waals surface area (Å²) >= 11 is 35.4. The maximum Gasteiger partial charge on any atom is 0.0226 e. The molecular weight excluding hydrogens is 621 g/mol. The third-order valence-corrected chi connectivity index (χ3v) is 14.9. The molecule has 0 aromatic rings. The Kier molecular flexibility index (Phi) is 38.1. The van der Waals surface area contributed by atoms with E-state index in [9.17, 15) is 0 Å². The molecule has 184 valence electrons. The number of hydrogen-bond donors (Lipinski definition) is 4. The predicted octanol–water partition coefficient (Wildman–Crippen LogP) is 6.70. The summed E-state index contributed by atoms with van der Waals surface area (Å²) in [5, 5.41) is 1.28. The van der Waals surface area contributed by atoms with Crippen molar-refractivity contribution in [1.29, 1.82) is 0 Å². The Bertz CT molecular complexity index is 382. The zero-order valence-electron chi connectivity index (χ0n) is 17.5. The molecule has 0 aromatic carbocycles. The van der Waals surface area contributed by atoms with Gasteiger partial charge in [0.15, 0.2) is 0 Å². The summed E-state index contributed by atoms with van der Waals surface area (Å²) in [6.45, 7) is 2.10. The van der Waals surface area contributed by atoms with Gasteiger partial charge in [0, 0.05) is 57.0 Å². The first-order valence-corrected chi connectivity index (χ1v) is 22.3. The van der Waals surface area contributed by atoms with E-state index in [1.807, 2.05) is 56.9 Å². The monoisotopic (exact) mass is 657 g/mol. The Hall–Kier alpha value is 4.29. The van der Waals surface area contributed by atoms with Crippen LogP contribution in [0.15, 0.2) is 0 Å². The van der Waals surface area contributed by atoms with Crippen molar-refractivity contribution in [2.75, 3.05) is 74.8 Å². The van der Waals surface area contributed by atoms with Gasteiger partial charge in [0.25, 0.3) is 0 Å². The summed E-state index contributed by atoms with van der Waals surface area (Å²) in [5.74, 6) is 14.4. The van der Waals surface area contributed by atoms with E-state index in [0.717, 1.165) is 40.3 Å². The molecule has 0 aliphatic carbocycles. The molecular formula is C17H37S13-. The molecule has 0 radical (unpaired) electrons. The number of hydrogen-bond acceptors (Lipinski definition) is 13. The van der Waals surface area contributed by atoms with Crippen molar-refractivity contribution in [1.82, 2.24) is 0 Å². The van der Waals surface area contributed by atoms with E-state index in [0.29, 0.717) is 10.5 Å². The van der Waals surface area contributed by atoms with Gasteiger partial charge in [-0.2, -0.15) is 97.6 Å². The second kappa shape index (κ2) is 31.3. The van der Waals surface area contributed by atoms with E-state index in [-0.39, 0.29) is 8.01 Å². The van der Waals surface area contributed by atoms with Gasteiger partial charge in [-0.1, -0.05) is 28.5 Å². The van der Waals surface area contributed by atoms with Gasteiger partial charge in [-0.15, -0.1) is 5.75 Å². The average molecular weight is 658 g/mol. The number of thioether (sulfide) groups is 4. The quantitative estimate of drug-likeness (QED) is 0.0461. The molecule has 0 bridgehead atoms. The van der Waals surface area contributed by atoms with Crippen LogP contribution in [0.1, 0.15) is 13.3 Å². The minimum Gasteiger partial charge on any atom is -0.346 e. The molecule has 0 nitrogen and oxygen atoms in total. The Morgan fingerprint density at radius 1 is 0.700 bits per heavy atom. The second-order valence-corrected chi connectivity index (χ2v) is 19.1. The lowest BCUT2D eigenvalue weighted by Gasteiger charge is -2.18. The van der Waals surface area contributed by atoms with Crippen molar-refractivity contribution in [2.24, 2.45) is 0 Å². The molecule has 0 aliphatic rings. The van der Waals surface area contributed by atoms with Gasteiger partial charge in [-0.3, -0.25) is 22.4 Å². The van der Waals surface area contributed by atoms with E-state index >= 15 is 0 Å². The molecule has 30 heavy (non-hydrogen) atoms. The lowest BCUT2D eigenvalue weighted by molar-refractivity contribution is 1.11. The van der Waals surface area contributed by atoms with Crippen LogP contribution in [-0.4, -0.2) is 85.3 Å². The van der Waals surface area contributed by atoms with Crippen LogP contribution in [0.25, 0.3) is 0 Å². The summed E-state index contributed by atoms with van der Waals surface area (Å²) in [5.41, 5.74) is 0. The average Bonchev–Trinajstić information content (AvgIpc) is 2.74. The van der Waals surface area contributed by atoms with E-state index < -0.39 is 0 Å².